The second-order valence-corrected chi connectivity index (χ2v) is 8.33. The Labute approximate surface area is 180 Å². The van der Waals surface area contributed by atoms with Gasteiger partial charge in [0, 0.05) is 19.0 Å². The first-order chi connectivity index (χ1) is 14.7. The Bertz CT molecular complexity index is 963. The average molecular weight is 426 g/mol. The van der Waals surface area contributed by atoms with Crippen LogP contribution in [0, 0.1) is 0 Å². The third-order valence-electron chi connectivity index (χ3n) is 5.43. The van der Waals surface area contributed by atoms with Crippen LogP contribution >= 0.6 is 11.8 Å². The molecular formula is C21H27N7OS. The maximum atomic E-state index is 12.4. The SMILES string of the molecule is CSc1nnc(CCCNC(=O)c2cn(Cc3ccccc3)nn2)n1C1CCCC1. The lowest BCUT2D eigenvalue weighted by molar-refractivity contribution is 0.0948. The van der Waals surface area contributed by atoms with Crippen LogP contribution in [0.15, 0.2) is 41.7 Å². The highest BCUT2D eigenvalue weighted by Gasteiger charge is 2.23. The van der Waals surface area contributed by atoms with Crippen molar-refractivity contribution in [1.29, 1.82) is 0 Å². The van der Waals surface area contributed by atoms with Gasteiger partial charge in [-0.2, -0.15) is 0 Å². The van der Waals surface area contributed by atoms with Crippen LogP contribution in [-0.2, 0) is 13.0 Å². The van der Waals surface area contributed by atoms with Gasteiger partial charge >= 0.3 is 0 Å². The van der Waals surface area contributed by atoms with E-state index in [1.54, 1.807) is 22.6 Å². The van der Waals surface area contributed by atoms with E-state index in [4.69, 9.17) is 0 Å². The molecule has 0 aliphatic heterocycles. The van der Waals surface area contributed by atoms with Crippen molar-refractivity contribution in [2.75, 3.05) is 12.8 Å². The molecule has 0 radical (unpaired) electrons. The van der Waals surface area contributed by atoms with Crippen molar-refractivity contribution in [2.24, 2.45) is 0 Å². The van der Waals surface area contributed by atoms with E-state index in [-0.39, 0.29) is 5.91 Å². The van der Waals surface area contributed by atoms with E-state index in [1.165, 1.54) is 25.7 Å². The molecule has 158 valence electrons. The first kappa shape index (κ1) is 20.6. The third-order valence-corrected chi connectivity index (χ3v) is 6.07. The summed E-state index contributed by atoms with van der Waals surface area (Å²) in [7, 11) is 0. The standard InChI is InChI=1S/C21H27N7OS/c1-30-21-25-24-19(28(21)17-10-5-6-11-17)12-7-13-22-20(29)18-15-27(26-23-18)14-16-8-3-2-4-9-16/h2-4,8-9,15,17H,5-7,10-14H2,1H3,(H,22,29). The Morgan fingerprint density at radius 2 is 1.97 bits per heavy atom. The van der Waals surface area contributed by atoms with Gasteiger partial charge in [-0.15, -0.1) is 15.3 Å². The summed E-state index contributed by atoms with van der Waals surface area (Å²) in [5.74, 6) is 0.825. The van der Waals surface area contributed by atoms with Crippen molar-refractivity contribution in [3.8, 4) is 0 Å². The molecule has 0 saturated heterocycles. The second kappa shape index (κ2) is 9.88. The average Bonchev–Trinajstić information content (AvgIpc) is 3.52. The van der Waals surface area contributed by atoms with Crippen LogP contribution in [0.2, 0.25) is 0 Å². The molecule has 1 amide bonds. The van der Waals surface area contributed by atoms with Gasteiger partial charge in [-0.05, 0) is 31.1 Å². The highest BCUT2D eigenvalue weighted by molar-refractivity contribution is 7.98. The summed E-state index contributed by atoms with van der Waals surface area (Å²) >= 11 is 1.65. The van der Waals surface area contributed by atoms with Gasteiger partial charge in [-0.1, -0.05) is 60.1 Å². The molecular weight excluding hydrogens is 398 g/mol. The Balaban J connectivity index is 1.27. The monoisotopic (exact) mass is 425 g/mol. The zero-order valence-electron chi connectivity index (χ0n) is 17.2. The van der Waals surface area contributed by atoms with Crippen LogP contribution in [0.5, 0.6) is 0 Å². The Morgan fingerprint density at radius 1 is 1.17 bits per heavy atom. The highest BCUT2D eigenvalue weighted by Crippen LogP contribution is 2.33. The van der Waals surface area contributed by atoms with Crippen molar-refractivity contribution < 1.29 is 4.79 Å². The fourth-order valence-corrected chi connectivity index (χ4v) is 4.51. The lowest BCUT2D eigenvalue weighted by Crippen LogP contribution is -2.25. The maximum absolute atomic E-state index is 12.4. The number of hydrogen-bond donors (Lipinski definition) is 1. The number of nitrogens with one attached hydrogen (secondary N) is 1. The first-order valence-electron chi connectivity index (χ1n) is 10.4. The Morgan fingerprint density at radius 3 is 2.73 bits per heavy atom. The van der Waals surface area contributed by atoms with Gasteiger partial charge in [-0.3, -0.25) is 4.79 Å². The number of thioether (sulfide) groups is 1. The molecule has 1 fully saturated rings. The fourth-order valence-electron chi connectivity index (χ4n) is 3.94. The molecule has 30 heavy (non-hydrogen) atoms. The van der Waals surface area contributed by atoms with Crippen LogP contribution in [0.4, 0.5) is 0 Å². The minimum atomic E-state index is -0.198. The molecule has 1 N–H and O–H groups in total. The van der Waals surface area contributed by atoms with E-state index in [0.717, 1.165) is 29.4 Å². The van der Waals surface area contributed by atoms with Crippen molar-refractivity contribution in [3.63, 3.8) is 0 Å². The van der Waals surface area contributed by atoms with Crippen molar-refractivity contribution in [2.45, 2.75) is 56.3 Å². The molecule has 1 aliphatic carbocycles. The molecule has 0 unspecified atom stereocenters. The summed E-state index contributed by atoms with van der Waals surface area (Å²) in [6.07, 6.45) is 10.3. The number of amides is 1. The number of rotatable bonds is 9. The normalized spacial score (nSPS) is 14.3. The van der Waals surface area contributed by atoms with Gasteiger partial charge < -0.3 is 9.88 Å². The molecule has 3 aromatic rings. The van der Waals surface area contributed by atoms with E-state index >= 15 is 0 Å². The smallest absolute Gasteiger partial charge is 0.273 e. The molecule has 4 rings (SSSR count). The quantitative estimate of drug-likeness (QED) is 0.418. The molecule has 1 saturated carbocycles. The van der Waals surface area contributed by atoms with Gasteiger partial charge in [0.25, 0.3) is 5.91 Å². The van der Waals surface area contributed by atoms with E-state index in [9.17, 15) is 4.79 Å². The largest absolute Gasteiger partial charge is 0.351 e. The molecule has 1 aromatic carbocycles. The van der Waals surface area contributed by atoms with E-state index in [0.29, 0.717) is 24.8 Å². The molecule has 1 aliphatic rings. The van der Waals surface area contributed by atoms with E-state index in [2.05, 4.69) is 30.4 Å². The fraction of sp³-hybridized carbons (Fsp3) is 0.476. The molecule has 9 heteroatoms. The van der Waals surface area contributed by atoms with Gasteiger partial charge in [-0.25, -0.2) is 4.68 Å². The summed E-state index contributed by atoms with van der Waals surface area (Å²) in [5, 5.41) is 20.7. The molecule has 0 bridgehead atoms. The number of nitrogens with zero attached hydrogens (tertiary/aromatic N) is 6. The molecule has 8 nitrogen and oxygen atoms in total. The molecule has 2 heterocycles. The van der Waals surface area contributed by atoms with Crippen molar-refractivity contribution in [3.05, 3.63) is 53.6 Å². The van der Waals surface area contributed by atoms with E-state index < -0.39 is 0 Å². The summed E-state index contributed by atoms with van der Waals surface area (Å²) in [5.41, 5.74) is 1.45. The molecule has 0 atom stereocenters. The van der Waals surface area contributed by atoms with Gasteiger partial charge in [0.15, 0.2) is 10.9 Å². The minimum absolute atomic E-state index is 0.198. The van der Waals surface area contributed by atoms with Crippen LogP contribution < -0.4 is 5.32 Å². The minimum Gasteiger partial charge on any atom is -0.351 e. The summed E-state index contributed by atoms with van der Waals surface area (Å²) < 4.78 is 3.99. The van der Waals surface area contributed by atoms with Crippen LogP contribution in [0.3, 0.4) is 0 Å². The van der Waals surface area contributed by atoms with Gasteiger partial charge in [0.1, 0.15) is 5.82 Å². The predicted octanol–water partition coefficient (Wildman–Crippen LogP) is 3.12. The Hall–Kier alpha value is -2.68. The lowest BCUT2D eigenvalue weighted by Gasteiger charge is -2.16. The maximum Gasteiger partial charge on any atom is 0.273 e. The molecule has 2 aromatic heterocycles. The summed E-state index contributed by atoms with van der Waals surface area (Å²) in [6, 6.07) is 10.5. The third kappa shape index (κ3) is 4.89. The van der Waals surface area contributed by atoms with Crippen LogP contribution in [-0.4, -0.2) is 48.5 Å². The highest BCUT2D eigenvalue weighted by atomic mass is 32.2. The number of aromatic nitrogens is 6. The summed E-state index contributed by atoms with van der Waals surface area (Å²) in [6.45, 7) is 1.16. The van der Waals surface area contributed by atoms with Gasteiger partial charge in [0.05, 0.1) is 12.7 Å². The topological polar surface area (TPSA) is 90.5 Å². The first-order valence-corrected chi connectivity index (χ1v) is 11.7. The zero-order chi connectivity index (χ0) is 20.8. The number of aryl methyl sites for hydroxylation is 1. The Kier molecular flexibility index (Phi) is 6.78. The van der Waals surface area contributed by atoms with Crippen molar-refractivity contribution in [1.82, 2.24) is 35.1 Å². The predicted molar refractivity (Wildman–Crippen MR) is 116 cm³/mol. The number of benzene rings is 1. The second-order valence-electron chi connectivity index (χ2n) is 7.56. The van der Waals surface area contributed by atoms with Crippen LogP contribution in [0.25, 0.3) is 0 Å². The van der Waals surface area contributed by atoms with E-state index in [1.807, 2.05) is 36.6 Å². The molecule has 0 spiro atoms. The number of hydrogen-bond acceptors (Lipinski definition) is 6. The van der Waals surface area contributed by atoms with Crippen LogP contribution in [0.1, 0.15) is 60.0 Å². The zero-order valence-corrected chi connectivity index (χ0v) is 18.0. The number of carbonyl (C=O) groups is 1. The summed E-state index contributed by atoms with van der Waals surface area (Å²) in [4.78, 5) is 12.4. The number of carbonyl (C=O) groups excluding carboxylic acids is 1. The van der Waals surface area contributed by atoms with Crippen molar-refractivity contribution >= 4 is 17.7 Å². The van der Waals surface area contributed by atoms with Gasteiger partial charge in [0.2, 0.25) is 0 Å². The lowest BCUT2D eigenvalue weighted by atomic mass is 10.2.